The molecule has 3 atom stereocenters. The molecular weight excluding hydrogens is 635 g/mol. The normalized spacial score (nSPS) is 14.7. The maximum atomic E-state index is 12.8. The summed E-state index contributed by atoms with van der Waals surface area (Å²) < 4.78 is 23.5. The lowest BCUT2D eigenvalue weighted by Gasteiger charge is -2.26. The van der Waals surface area contributed by atoms with E-state index in [0.29, 0.717) is 23.9 Å². The van der Waals surface area contributed by atoms with E-state index in [9.17, 15) is 19.4 Å². The Kier molecular flexibility index (Phi) is 32.6. The summed E-state index contributed by atoms with van der Waals surface area (Å²) in [5.74, 6) is -0.154. The SMILES string of the molecule is CCCCCC/C=C\CCCCCCCC(=O)NC(COP(=O)(O)OCC[N+](C)(C)C)C(O)CCCCCCCCCCCCCCCC. The Labute approximate surface area is 303 Å². The van der Waals surface area contributed by atoms with Gasteiger partial charge in [0.1, 0.15) is 13.2 Å². The first-order valence-electron chi connectivity index (χ1n) is 20.6. The number of hydrogen-bond acceptors (Lipinski definition) is 5. The van der Waals surface area contributed by atoms with Crippen LogP contribution in [0.1, 0.15) is 187 Å². The monoisotopic (exact) mass is 718 g/mol. The van der Waals surface area contributed by atoms with Gasteiger partial charge in [-0.15, -0.1) is 0 Å². The molecule has 0 heterocycles. The predicted molar refractivity (Wildman–Crippen MR) is 208 cm³/mol. The maximum absolute atomic E-state index is 12.8. The first kappa shape index (κ1) is 48.2. The number of carbonyl (C=O) groups is 1. The maximum Gasteiger partial charge on any atom is 0.472 e. The Bertz CT molecular complexity index is 819. The molecule has 0 rings (SSSR count). The molecule has 0 saturated heterocycles. The third kappa shape index (κ3) is 35.4. The fourth-order valence-corrected chi connectivity index (χ4v) is 6.66. The van der Waals surface area contributed by atoms with Gasteiger partial charge in [0.05, 0.1) is 39.9 Å². The van der Waals surface area contributed by atoms with E-state index < -0.39 is 20.0 Å². The number of aliphatic hydroxyl groups is 1. The first-order valence-corrected chi connectivity index (χ1v) is 22.0. The molecule has 0 aromatic carbocycles. The highest BCUT2D eigenvalue weighted by atomic mass is 31.2. The summed E-state index contributed by atoms with van der Waals surface area (Å²) >= 11 is 0. The average molecular weight is 718 g/mol. The number of nitrogens with one attached hydrogen (secondary N) is 1. The number of phosphoric acid groups is 1. The lowest BCUT2D eigenvalue weighted by atomic mass is 10.0. The molecule has 0 aliphatic carbocycles. The van der Waals surface area contributed by atoms with Gasteiger partial charge in [-0.2, -0.15) is 0 Å². The van der Waals surface area contributed by atoms with Gasteiger partial charge < -0.3 is 19.8 Å². The largest absolute Gasteiger partial charge is 0.472 e. The van der Waals surface area contributed by atoms with Crippen LogP contribution in [0.5, 0.6) is 0 Å². The Balaban J connectivity index is 4.43. The van der Waals surface area contributed by atoms with Crippen LogP contribution in [0.15, 0.2) is 12.2 Å². The summed E-state index contributed by atoms with van der Waals surface area (Å²) in [6.45, 7) is 4.86. The fourth-order valence-electron chi connectivity index (χ4n) is 5.92. The van der Waals surface area contributed by atoms with Gasteiger partial charge in [-0.05, 0) is 38.5 Å². The third-order valence-corrected chi connectivity index (χ3v) is 10.2. The van der Waals surface area contributed by atoms with Crippen LogP contribution in [-0.4, -0.2) is 73.4 Å². The molecule has 0 aromatic heterocycles. The van der Waals surface area contributed by atoms with Crippen LogP contribution in [0, 0.1) is 0 Å². The minimum Gasteiger partial charge on any atom is -0.391 e. The van der Waals surface area contributed by atoms with Crippen molar-refractivity contribution in [2.24, 2.45) is 0 Å². The predicted octanol–water partition coefficient (Wildman–Crippen LogP) is 10.8. The molecule has 292 valence electrons. The van der Waals surface area contributed by atoms with E-state index >= 15 is 0 Å². The van der Waals surface area contributed by atoms with Crippen molar-refractivity contribution in [3.8, 4) is 0 Å². The van der Waals surface area contributed by atoms with Crippen LogP contribution >= 0.6 is 7.82 Å². The van der Waals surface area contributed by atoms with Crippen LogP contribution < -0.4 is 5.32 Å². The van der Waals surface area contributed by atoms with E-state index in [0.717, 1.165) is 51.4 Å². The van der Waals surface area contributed by atoms with Gasteiger partial charge in [0.2, 0.25) is 5.91 Å². The van der Waals surface area contributed by atoms with E-state index in [1.807, 2.05) is 21.1 Å². The zero-order valence-corrected chi connectivity index (χ0v) is 33.8. The number of amides is 1. The molecular formula is C40H82N2O6P+. The van der Waals surface area contributed by atoms with Crippen molar-refractivity contribution in [1.29, 1.82) is 0 Å². The van der Waals surface area contributed by atoms with Crippen molar-refractivity contribution in [3.05, 3.63) is 12.2 Å². The van der Waals surface area contributed by atoms with E-state index in [4.69, 9.17) is 9.05 Å². The first-order chi connectivity index (χ1) is 23.5. The summed E-state index contributed by atoms with van der Waals surface area (Å²) in [6, 6.07) is -0.759. The molecule has 3 unspecified atom stereocenters. The number of carbonyl (C=O) groups excluding carboxylic acids is 1. The van der Waals surface area contributed by atoms with E-state index in [2.05, 4.69) is 31.3 Å². The minimum absolute atomic E-state index is 0.0746. The van der Waals surface area contributed by atoms with Crippen molar-refractivity contribution < 1.29 is 32.9 Å². The van der Waals surface area contributed by atoms with Crippen molar-refractivity contribution in [3.63, 3.8) is 0 Å². The van der Waals surface area contributed by atoms with Crippen molar-refractivity contribution >= 4 is 13.7 Å². The van der Waals surface area contributed by atoms with Gasteiger partial charge in [0.25, 0.3) is 0 Å². The Hall–Kier alpha value is -0.760. The van der Waals surface area contributed by atoms with Gasteiger partial charge >= 0.3 is 7.82 Å². The zero-order valence-electron chi connectivity index (χ0n) is 32.9. The Morgan fingerprint density at radius 1 is 0.673 bits per heavy atom. The molecule has 9 heteroatoms. The second-order valence-electron chi connectivity index (χ2n) is 15.4. The summed E-state index contributed by atoms with van der Waals surface area (Å²) in [5, 5.41) is 13.9. The number of likely N-dealkylation sites (N-methyl/N-ethyl adjacent to an activating group) is 1. The molecule has 8 nitrogen and oxygen atoms in total. The van der Waals surface area contributed by atoms with E-state index in [1.165, 1.54) is 109 Å². The number of hydrogen-bond donors (Lipinski definition) is 3. The molecule has 0 spiro atoms. The number of rotatable bonds is 37. The highest BCUT2D eigenvalue weighted by molar-refractivity contribution is 7.47. The smallest absolute Gasteiger partial charge is 0.391 e. The average Bonchev–Trinajstić information content (AvgIpc) is 3.04. The van der Waals surface area contributed by atoms with Crippen LogP contribution in [0.25, 0.3) is 0 Å². The summed E-state index contributed by atoms with van der Waals surface area (Å²) in [7, 11) is 1.61. The summed E-state index contributed by atoms with van der Waals surface area (Å²) in [6.07, 6.45) is 35.1. The van der Waals surface area contributed by atoms with Crippen LogP contribution in [0.4, 0.5) is 0 Å². The van der Waals surface area contributed by atoms with E-state index in [-0.39, 0.29) is 19.1 Å². The van der Waals surface area contributed by atoms with Crippen molar-refractivity contribution in [2.45, 2.75) is 199 Å². The number of aliphatic hydroxyl groups excluding tert-OH is 1. The quantitative estimate of drug-likeness (QED) is 0.0256. The van der Waals surface area contributed by atoms with Gasteiger partial charge in [-0.25, -0.2) is 4.57 Å². The van der Waals surface area contributed by atoms with E-state index in [1.54, 1.807) is 0 Å². The van der Waals surface area contributed by atoms with Crippen molar-refractivity contribution in [1.82, 2.24) is 5.32 Å². The zero-order chi connectivity index (χ0) is 36.5. The lowest BCUT2D eigenvalue weighted by Crippen LogP contribution is -2.46. The lowest BCUT2D eigenvalue weighted by molar-refractivity contribution is -0.870. The molecule has 3 N–H and O–H groups in total. The summed E-state index contributed by atoms with van der Waals surface area (Å²) in [5.41, 5.74) is 0. The topological polar surface area (TPSA) is 105 Å². The standard InChI is InChI=1S/C40H81N2O6P/c1-6-8-10-12-14-16-18-20-22-23-25-27-29-31-33-39(43)38(37-48-49(45,46)47-36-35-42(3,4)5)41-40(44)34-32-30-28-26-24-21-19-17-15-13-11-9-7-2/h17,19,38-39,43H,6-16,18,20-37H2,1-5H3,(H-,41,44,45,46)/p+1/b19-17-. The second-order valence-corrected chi connectivity index (χ2v) is 16.8. The molecule has 49 heavy (non-hydrogen) atoms. The minimum atomic E-state index is -4.31. The number of quaternary nitrogens is 1. The Morgan fingerprint density at radius 3 is 1.59 bits per heavy atom. The molecule has 0 bridgehead atoms. The highest BCUT2D eigenvalue weighted by Gasteiger charge is 2.28. The number of phosphoric ester groups is 1. The number of nitrogens with zero attached hydrogens (tertiary/aromatic N) is 1. The fraction of sp³-hybridized carbons (Fsp3) is 0.925. The number of unbranched alkanes of at least 4 members (excludes halogenated alkanes) is 22. The molecule has 1 amide bonds. The molecule has 0 fully saturated rings. The summed E-state index contributed by atoms with van der Waals surface area (Å²) in [4.78, 5) is 23.0. The van der Waals surface area contributed by atoms with Gasteiger partial charge in [-0.1, -0.05) is 154 Å². The second kappa shape index (κ2) is 33.1. The van der Waals surface area contributed by atoms with Gasteiger partial charge in [0, 0.05) is 6.42 Å². The van der Waals surface area contributed by atoms with Crippen LogP contribution in [0.2, 0.25) is 0 Å². The van der Waals surface area contributed by atoms with Gasteiger partial charge in [0.15, 0.2) is 0 Å². The van der Waals surface area contributed by atoms with Crippen LogP contribution in [0.3, 0.4) is 0 Å². The molecule has 0 aromatic rings. The highest BCUT2D eigenvalue weighted by Crippen LogP contribution is 2.43. The number of allylic oxidation sites excluding steroid dienone is 2. The molecule has 0 aliphatic heterocycles. The van der Waals surface area contributed by atoms with Crippen molar-refractivity contribution in [2.75, 3.05) is 40.9 Å². The molecule has 0 saturated carbocycles. The third-order valence-electron chi connectivity index (χ3n) is 9.26. The van der Waals surface area contributed by atoms with Gasteiger partial charge in [-0.3, -0.25) is 13.8 Å². The Morgan fingerprint density at radius 2 is 1.10 bits per heavy atom. The van der Waals surface area contributed by atoms with Crippen LogP contribution in [-0.2, 0) is 18.4 Å². The molecule has 0 aliphatic rings. The molecule has 0 radical (unpaired) electrons.